The Morgan fingerprint density at radius 2 is 1.67 bits per heavy atom. The molecule has 36 heavy (non-hydrogen) atoms. The maximum Gasteiger partial charge on any atom is 0.411 e. The van der Waals surface area contributed by atoms with Crippen molar-refractivity contribution in [2.24, 2.45) is 5.73 Å². The van der Waals surface area contributed by atoms with Crippen LogP contribution in [-0.2, 0) is 40.3 Å². The van der Waals surface area contributed by atoms with Crippen LogP contribution in [0.15, 0.2) is 78.9 Å². The first-order chi connectivity index (χ1) is 17.4. The van der Waals surface area contributed by atoms with Crippen molar-refractivity contribution in [3.05, 3.63) is 101 Å². The number of carbonyl (C=O) groups excluding carboxylic acids is 3. The molecule has 0 bridgehead atoms. The van der Waals surface area contributed by atoms with Gasteiger partial charge in [0.1, 0.15) is 24.4 Å². The number of ether oxygens (including phenoxy) is 2. The van der Waals surface area contributed by atoms with Crippen LogP contribution in [0.25, 0.3) is 0 Å². The first-order valence-corrected chi connectivity index (χ1v) is 11.7. The zero-order chi connectivity index (χ0) is 25.5. The van der Waals surface area contributed by atoms with Gasteiger partial charge in [0.25, 0.3) is 0 Å². The van der Waals surface area contributed by atoms with E-state index in [4.69, 9.17) is 15.2 Å². The minimum Gasteiger partial charge on any atom is -0.497 e. The molecule has 8 heteroatoms. The number of nitrogens with two attached hydrogens (primary N) is 1. The number of primary amides is 1. The lowest BCUT2D eigenvalue weighted by Gasteiger charge is -2.35. The van der Waals surface area contributed by atoms with E-state index in [0.717, 1.165) is 22.3 Å². The van der Waals surface area contributed by atoms with Crippen molar-refractivity contribution in [1.29, 1.82) is 0 Å². The molecular weight excluding hydrogens is 458 g/mol. The summed E-state index contributed by atoms with van der Waals surface area (Å²) >= 11 is 0. The van der Waals surface area contributed by atoms with Gasteiger partial charge >= 0.3 is 6.09 Å². The Hall–Kier alpha value is -4.33. The molecule has 1 aliphatic rings. The summed E-state index contributed by atoms with van der Waals surface area (Å²) in [5.74, 6) is -0.494. The highest BCUT2D eigenvalue weighted by Crippen LogP contribution is 2.25. The molecule has 3 aromatic carbocycles. The van der Waals surface area contributed by atoms with Gasteiger partial charge in [0.2, 0.25) is 11.8 Å². The van der Waals surface area contributed by atoms with Crippen LogP contribution in [-0.4, -0.2) is 42.0 Å². The quantitative estimate of drug-likeness (QED) is 0.508. The van der Waals surface area contributed by atoms with E-state index in [-0.39, 0.29) is 19.6 Å². The van der Waals surface area contributed by atoms with Gasteiger partial charge in [-0.3, -0.25) is 14.5 Å². The topological polar surface area (TPSA) is 111 Å². The molecule has 0 unspecified atom stereocenters. The van der Waals surface area contributed by atoms with Gasteiger partial charge in [-0.2, -0.15) is 0 Å². The predicted octanol–water partition coefficient (Wildman–Crippen LogP) is 2.97. The van der Waals surface area contributed by atoms with E-state index in [1.807, 2.05) is 60.7 Å². The summed E-state index contributed by atoms with van der Waals surface area (Å²) in [5.41, 5.74) is 9.16. The van der Waals surface area contributed by atoms with Gasteiger partial charge in [-0.1, -0.05) is 66.7 Å². The Labute approximate surface area is 210 Å². The van der Waals surface area contributed by atoms with E-state index in [2.05, 4.69) is 5.32 Å². The van der Waals surface area contributed by atoms with E-state index in [1.54, 1.807) is 25.3 Å². The van der Waals surface area contributed by atoms with Crippen LogP contribution < -0.4 is 15.8 Å². The van der Waals surface area contributed by atoms with Gasteiger partial charge in [0.15, 0.2) is 0 Å². The second kappa shape index (κ2) is 11.4. The van der Waals surface area contributed by atoms with Crippen molar-refractivity contribution in [2.45, 2.75) is 38.1 Å². The second-order valence-electron chi connectivity index (χ2n) is 8.68. The van der Waals surface area contributed by atoms with E-state index in [0.29, 0.717) is 12.2 Å². The Morgan fingerprint density at radius 3 is 2.39 bits per heavy atom. The third kappa shape index (κ3) is 6.02. The molecule has 0 fully saturated rings. The van der Waals surface area contributed by atoms with Crippen LogP contribution in [0.5, 0.6) is 5.75 Å². The third-order valence-electron chi connectivity index (χ3n) is 6.22. The maximum atomic E-state index is 13.4. The normalized spacial score (nSPS) is 15.4. The summed E-state index contributed by atoms with van der Waals surface area (Å²) in [7, 11) is 1.55. The van der Waals surface area contributed by atoms with Crippen molar-refractivity contribution in [2.75, 3.05) is 7.11 Å². The lowest BCUT2D eigenvalue weighted by Crippen LogP contribution is -2.56. The highest BCUT2D eigenvalue weighted by Gasteiger charge is 2.37. The molecule has 2 atom stereocenters. The average Bonchev–Trinajstić information content (AvgIpc) is 2.91. The second-order valence-corrected chi connectivity index (χ2v) is 8.68. The van der Waals surface area contributed by atoms with Crippen LogP contribution in [0, 0.1) is 0 Å². The number of carbonyl (C=O) groups is 3. The maximum absolute atomic E-state index is 13.4. The zero-order valence-corrected chi connectivity index (χ0v) is 20.1. The molecule has 0 spiro atoms. The molecule has 0 aliphatic carbocycles. The van der Waals surface area contributed by atoms with Crippen molar-refractivity contribution in [1.82, 2.24) is 10.2 Å². The third-order valence-corrected chi connectivity index (χ3v) is 6.22. The van der Waals surface area contributed by atoms with Gasteiger partial charge < -0.3 is 20.5 Å². The van der Waals surface area contributed by atoms with Crippen LogP contribution in [0.3, 0.4) is 0 Å². The van der Waals surface area contributed by atoms with Gasteiger partial charge in [0, 0.05) is 12.8 Å². The fraction of sp³-hybridized carbons (Fsp3) is 0.250. The van der Waals surface area contributed by atoms with E-state index >= 15 is 0 Å². The van der Waals surface area contributed by atoms with Crippen LogP contribution in [0.4, 0.5) is 4.79 Å². The van der Waals surface area contributed by atoms with Crippen LogP contribution in [0.1, 0.15) is 22.3 Å². The Bertz CT molecular complexity index is 1230. The molecular formula is C28H29N3O5. The standard InChI is InChI=1S/C28H29N3O5/c1-35-23-13-7-10-20(14-23)15-24(26(29)32)30-27(33)25-16-21-11-5-6-12-22(21)17-31(25)28(34)36-18-19-8-3-2-4-9-19/h2-14,24-25H,15-18H2,1H3,(H2,29,32)(H,30,33)/t24-,25-/m0/s1. The highest BCUT2D eigenvalue weighted by molar-refractivity contribution is 5.91. The number of nitrogens with zero attached hydrogens (tertiary/aromatic N) is 1. The molecule has 0 saturated carbocycles. The van der Waals surface area contributed by atoms with Gasteiger partial charge in [-0.25, -0.2) is 4.79 Å². The summed E-state index contributed by atoms with van der Waals surface area (Å²) in [5, 5.41) is 2.76. The number of hydrogen-bond acceptors (Lipinski definition) is 5. The van der Waals surface area contributed by atoms with E-state index < -0.39 is 30.0 Å². The molecule has 0 saturated heterocycles. The van der Waals surface area contributed by atoms with Crippen molar-refractivity contribution in [3.8, 4) is 5.75 Å². The summed E-state index contributed by atoms with van der Waals surface area (Å²) in [6.45, 7) is 0.310. The SMILES string of the molecule is COc1cccc(C[C@H](NC(=O)[C@@H]2Cc3ccccc3CN2C(=O)OCc2ccccc2)C(N)=O)c1. The lowest BCUT2D eigenvalue weighted by molar-refractivity contribution is -0.131. The Morgan fingerprint density at radius 1 is 0.972 bits per heavy atom. The minimum absolute atomic E-state index is 0.0892. The zero-order valence-electron chi connectivity index (χ0n) is 20.1. The Balaban J connectivity index is 1.51. The molecule has 1 aliphatic heterocycles. The number of methoxy groups -OCH3 is 1. The number of rotatable bonds is 8. The van der Waals surface area contributed by atoms with Crippen molar-refractivity contribution >= 4 is 17.9 Å². The van der Waals surface area contributed by atoms with Crippen LogP contribution in [0.2, 0.25) is 0 Å². The fourth-order valence-corrected chi connectivity index (χ4v) is 4.28. The first kappa shape index (κ1) is 24.8. The monoisotopic (exact) mass is 487 g/mol. The summed E-state index contributed by atoms with van der Waals surface area (Å²) in [4.78, 5) is 40.2. The summed E-state index contributed by atoms with van der Waals surface area (Å²) < 4.78 is 10.8. The first-order valence-electron chi connectivity index (χ1n) is 11.7. The average molecular weight is 488 g/mol. The molecule has 8 nitrogen and oxygen atoms in total. The van der Waals surface area contributed by atoms with E-state index in [9.17, 15) is 14.4 Å². The number of amides is 3. The molecule has 0 aromatic heterocycles. The molecule has 3 aromatic rings. The van der Waals surface area contributed by atoms with Crippen molar-refractivity contribution < 1.29 is 23.9 Å². The summed E-state index contributed by atoms with van der Waals surface area (Å²) in [6.07, 6.45) is -0.107. The molecule has 3 amide bonds. The summed E-state index contributed by atoms with van der Waals surface area (Å²) in [6, 6.07) is 22.4. The largest absolute Gasteiger partial charge is 0.497 e. The van der Waals surface area contributed by atoms with Crippen molar-refractivity contribution in [3.63, 3.8) is 0 Å². The molecule has 4 rings (SSSR count). The van der Waals surface area contributed by atoms with E-state index in [1.165, 1.54) is 4.90 Å². The van der Waals surface area contributed by atoms with Gasteiger partial charge in [-0.05, 0) is 34.4 Å². The minimum atomic E-state index is -0.955. The highest BCUT2D eigenvalue weighted by atomic mass is 16.6. The number of fused-ring (bicyclic) bond motifs is 1. The molecule has 3 N–H and O–H groups in total. The fourth-order valence-electron chi connectivity index (χ4n) is 4.28. The van der Waals surface area contributed by atoms with Gasteiger partial charge in [-0.15, -0.1) is 0 Å². The number of benzene rings is 3. The number of nitrogens with one attached hydrogen (secondary N) is 1. The lowest BCUT2D eigenvalue weighted by atomic mass is 9.93. The molecule has 1 heterocycles. The Kier molecular flexibility index (Phi) is 7.85. The predicted molar refractivity (Wildman–Crippen MR) is 134 cm³/mol. The molecule has 186 valence electrons. The van der Waals surface area contributed by atoms with Crippen LogP contribution >= 0.6 is 0 Å². The van der Waals surface area contributed by atoms with Gasteiger partial charge in [0.05, 0.1) is 13.7 Å². The number of hydrogen-bond donors (Lipinski definition) is 2. The molecule has 0 radical (unpaired) electrons. The smallest absolute Gasteiger partial charge is 0.411 e.